The molecule has 0 atom stereocenters. The van der Waals surface area contributed by atoms with Gasteiger partial charge in [-0.1, -0.05) is 6.92 Å². The van der Waals surface area contributed by atoms with Gasteiger partial charge in [-0.2, -0.15) is 5.26 Å². The molecule has 1 rings (SSSR count). The van der Waals surface area contributed by atoms with Crippen LogP contribution >= 0.6 is 0 Å². The van der Waals surface area contributed by atoms with Crippen LogP contribution in [0.1, 0.15) is 28.4 Å². The Balaban J connectivity index is 3.55. The Kier molecular flexibility index (Phi) is 3.78. The Morgan fingerprint density at radius 2 is 2.24 bits per heavy atom. The maximum atomic E-state index is 11.4. The second kappa shape index (κ2) is 5.07. The van der Waals surface area contributed by atoms with Crippen LogP contribution in [0.25, 0.3) is 0 Å². The molecule has 0 amide bonds. The van der Waals surface area contributed by atoms with Gasteiger partial charge >= 0.3 is 5.97 Å². The smallest absolute Gasteiger partial charge is 0.339 e. The van der Waals surface area contributed by atoms with Gasteiger partial charge in [0.15, 0.2) is 0 Å². The fourth-order valence-electron chi connectivity index (χ4n) is 1.57. The normalized spacial score (nSPS) is 9.47. The first-order chi connectivity index (χ1) is 8.06. The molecule has 0 saturated heterocycles. The number of carbonyl (C=O) groups excluding carboxylic acids is 1. The fourth-order valence-corrected chi connectivity index (χ4v) is 1.57. The fraction of sp³-hybridized carbons (Fsp3) is 0.273. The van der Waals surface area contributed by atoms with E-state index in [1.165, 1.54) is 19.2 Å². The molecule has 0 saturated carbocycles. The van der Waals surface area contributed by atoms with Crippen molar-refractivity contribution in [1.29, 1.82) is 5.26 Å². The lowest BCUT2D eigenvalue weighted by molar-refractivity contribution is -0.385. The highest BCUT2D eigenvalue weighted by Crippen LogP contribution is 2.26. The Hall–Kier alpha value is -2.42. The number of nitriles is 1. The number of carbonyl (C=O) groups is 1. The lowest BCUT2D eigenvalue weighted by atomic mass is 9.98. The van der Waals surface area contributed by atoms with Crippen molar-refractivity contribution in [3.05, 3.63) is 38.9 Å². The summed E-state index contributed by atoms with van der Waals surface area (Å²) in [7, 11) is 1.19. The number of esters is 1. The zero-order valence-corrected chi connectivity index (χ0v) is 9.39. The SMILES string of the molecule is CCc1c([N+](=O)[O-])ccc(C(=O)OC)c1C#N. The van der Waals surface area contributed by atoms with Crippen LogP contribution in [0.2, 0.25) is 0 Å². The molecule has 0 heterocycles. The summed E-state index contributed by atoms with van der Waals surface area (Å²) < 4.78 is 4.52. The highest BCUT2D eigenvalue weighted by Gasteiger charge is 2.22. The van der Waals surface area contributed by atoms with E-state index in [-0.39, 0.29) is 22.4 Å². The van der Waals surface area contributed by atoms with Crippen molar-refractivity contribution in [1.82, 2.24) is 0 Å². The van der Waals surface area contributed by atoms with E-state index in [4.69, 9.17) is 5.26 Å². The van der Waals surface area contributed by atoms with Gasteiger partial charge < -0.3 is 4.74 Å². The van der Waals surface area contributed by atoms with Crippen molar-refractivity contribution in [3.8, 4) is 6.07 Å². The number of nitro groups is 1. The number of rotatable bonds is 3. The van der Waals surface area contributed by atoms with Gasteiger partial charge in [-0.3, -0.25) is 10.1 Å². The van der Waals surface area contributed by atoms with E-state index in [2.05, 4.69) is 4.74 Å². The minimum Gasteiger partial charge on any atom is -0.465 e. The van der Waals surface area contributed by atoms with Gasteiger partial charge in [0.2, 0.25) is 0 Å². The summed E-state index contributed by atoms with van der Waals surface area (Å²) in [5.74, 6) is -0.675. The molecule has 0 aromatic heterocycles. The van der Waals surface area contributed by atoms with Gasteiger partial charge in [-0.05, 0) is 12.5 Å². The van der Waals surface area contributed by atoms with Crippen molar-refractivity contribution in [3.63, 3.8) is 0 Å². The van der Waals surface area contributed by atoms with Crippen LogP contribution in [0.15, 0.2) is 12.1 Å². The minimum atomic E-state index is -0.675. The average Bonchev–Trinajstić information content (AvgIpc) is 2.35. The van der Waals surface area contributed by atoms with Crippen molar-refractivity contribution >= 4 is 11.7 Å². The predicted molar refractivity (Wildman–Crippen MR) is 58.5 cm³/mol. The molecule has 0 radical (unpaired) electrons. The van der Waals surface area contributed by atoms with Gasteiger partial charge in [0.05, 0.1) is 23.2 Å². The lowest BCUT2D eigenvalue weighted by Crippen LogP contribution is -2.08. The maximum Gasteiger partial charge on any atom is 0.339 e. The van der Waals surface area contributed by atoms with Crippen LogP contribution in [-0.2, 0) is 11.2 Å². The van der Waals surface area contributed by atoms with Crippen LogP contribution < -0.4 is 0 Å². The van der Waals surface area contributed by atoms with Crippen molar-refractivity contribution < 1.29 is 14.5 Å². The van der Waals surface area contributed by atoms with E-state index >= 15 is 0 Å². The number of ether oxygens (including phenoxy) is 1. The third kappa shape index (κ3) is 2.23. The standard InChI is InChI=1S/C11H10N2O4/c1-3-7-9(6-12)8(11(14)17-2)4-5-10(7)13(15)16/h4-5H,3H2,1-2H3. The second-order valence-corrected chi connectivity index (χ2v) is 3.20. The van der Waals surface area contributed by atoms with Gasteiger partial charge in [-0.25, -0.2) is 4.79 Å². The number of benzene rings is 1. The highest BCUT2D eigenvalue weighted by atomic mass is 16.6. The molecule has 0 aliphatic rings. The van der Waals surface area contributed by atoms with Crippen molar-refractivity contribution in [2.24, 2.45) is 0 Å². The molecule has 0 N–H and O–H groups in total. The molecule has 0 aliphatic carbocycles. The molecule has 0 unspecified atom stereocenters. The molecule has 1 aromatic carbocycles. The van der Waals surface area contributed by atoms with Crippen molar-refractivity contribution in [2.75, 3.05) is 7.11 Å². The summed E-state index contributed by atoms with van der Waals surface area (Å²) in [4.78, 5) is 21.6. The van der Waals surface area contributed by atoms with Gasteiger partial charge in [-0.15, -0.1) is 0 Å². The van der Waals surface area contributed by atoms with E-state index in [0.717, 1.165) is 0 Å². The van der Waals surface area contributed by atoms with Crippen LogP contribution in [0.3, 0.4) is 0 Å². The molecule has 6 nitrogen and oxygen atoms in total. The van der Waals surface area contributed by atoms with Crippen molar-refractivity contribution in [2.45, 2.75) is 13.3 Å². The first-order valence-corrected chi connectivity index (χ1v) is 4.85. The molecule has 17 heavy (non-hydrogen) atoms. The molecular formula is C11H10N2O4. The Labute approximate surface area is 97.6 Å². The summed E-state index contributed by atoms with van der Waals surface area (Å²) in [6.07, 6.45) is 0.296. The number of nitro benzene ring substituents is 1. The summed E-state index contributed by atoms with van der Waals surface area (Å²) in [6.45, 7) is 1.68. The number of nitrogens with zero attached hydrogens (tertiary/aromatic N) is 2. The summed E-state index contributed by atoms with van der Waals surface area (Å²) in [6, 6.07) is 4.27. The molecule has 0 bridgehead atoms. The Morgan fingerprint density at radius 1 is 1.59 bits per heavy atom. The first-order valence-electron chi connectivity index (χ1n) is 4.85. The summed E-state index contributed by atoms with van der Waals surface area (Å²) in [5.41, 5.74) is 0.156. The van der Waals surface area contributed by atoms with Crippen LogP contribution in [0.5, 0.6) is 0 Å². The van der Waals surface area contributed by atoms with Crippen LogP contribution in [0.4, 0.5) is 5.69 Å². The minimum absolute atomic E-state index is 0.00792. The van der Waals surface area contributed by atoms with E-state index in [9.17, 15) is 14.9 Å². The predicted octanol–water partition coefficient (Wildman–Crippen LogP) is 1.82. The maximum absolute atomic E-state index is 11.4. The zero-order chi connectivity index (χ0) is 13.0. The number of hydrogen-bond donors (Lipinski definition) is 0. The topological polar surface area (TPSA) is 93.2 Å². The molecular weight excluding hydrogens is 224 g/mol. The molecule has 1 aromatic rings. The van der Waals surface area contributed by atoms with E-state index in [1.54, 1.807) is 6.92 Å². The Morgan fingerprint density at radius 3 is 2.65 bits per heavy atom. The van der Waals surface area contributed by atoms with Gasteiger partial charge in [0.1, 0.15) is 6.07 Å². The van der Waals surface area contributed by atoms with E-state index in [1.807, 2.05) is 6.07 Å². The third-order valence-electron chi connectivity index (χ3n) is 2.36. The lowest BCUT2D eigenvalue weighted by Gasteiger charge is -2.06. The van der Waals surface area contributed by atoms with E-state index in [0.29, 0.717) is 6.42 Å². The van der Waals surface area contributed by atoms with E-state index < -0.39 is 10.9 Å². The third-order valence-corrected chi connectivity index (χ3v) is 2.36. The monoisotopic (exact) mass is 234 g/mol. The number of methoxy groups -OCH3 is 1. The molecule has 0 aliphatic heterocycles. The largest absolute Gasteiger partial charge is 0.465 e. The summed E-state index contributed by atoms with van der Waals surface area (Å²) in [5, 5.41) is 19.8. The average molecular weight is 234 g/mol. The first kappa shape index (κ1) is 12.6. The summed E-state index contributed by atoms with van der Waals surface area (Å²) >= 11 is 0. The van der Waals surface area contributed by atoms with Crippen LogP contribution in [-0.4, -0.2) is 18.0 Å². The van der Waals surface area contributed by atoms with Gasteiger partial charge in [0.25, 0.3) is 5.69 Å². The Bertz CT molecular complexity index is 517. The van der Waals surface area contributed by atoms with Gasteiger partial charge in [0, 0.05) is 11.6 Å². The molecule has 0 spiro atoms. The highest BCUT2D eigenvalue weighted by molar-refractivity contribution is 5.93. The quantitative estimate of drug-likeness (QED) is 0.451. The van der Waals surface area contributed by atoms with Crippen LogP contribution in [0, 0.1) is 21.4 Å². The zero-order valence-electron chi connectivity index (χ0n) is 9.39. The second-order valence-electron chi connectivity index (χ2n) is 3.20. The number of hydrogen-bond acceptors (Lipinski definition) is 5. The molecule has 6 heteroatoms. The molecule has 88 valence electrons. The molecule has 0 fully saturated rings.